The Morgan fingerprint density at radius 3 is 3.11 bits per heavy atom. The van der Waals surface area contributed by atoms with E-state index in [-0.39, 0.29) is 11.8 Å². The van der Waals surface area contributed by atoms with Gasteiger partial charge in [0, 0.05) is 17.0 Å². The van der Waals surface area contributed by atoms with Crippen molar-refractivity contribution in [3.05, 3.63) is 16.1 Å². The maximum atomic E-state index is 12.1. The Morgan fingerprint density at radius 1 is 1.61 bits per heavy atom. The molecular formula is C13H21N3OS. The van der Waals surface area contributed by atoms with Crippen molar-refractivity contribution >= 4 is 17.2 Å². The van der Waals surface area contributed by atoms with Crippen molar-refractivity contribution in [3.8, 4) is 0 Å². The normalized spacial score (nSPS) is 23.2. The SMILES string of the molecule is CCc1cnc(CNC(=O)C2CCCC2CN)s1. The molecule has 2 atom stereocenters. The number of nitrogens with one attached hydrogen (secondary N) is 1. The van der Waals surface area contributed by atoms with Gasteiger partial charge in [0.15, 0.2) is 0 Å². The highest BCUT2D eigenvalue weighted by Crippen LogP contribution is 2.31. The molecule has 0 aromatic carbocycles. The third-order valence-corrected chi connectivity index (χ3v) is 4.80. The number of nitrogens with zero attached hydrogens (tertiary/aromatic N) is 1. The summed E-state index contributed by atoms with van der Waals surface area (Å²) in [7, 11) is 0. The molecule has 18 heavy (non-hydrogen) atoms. The van der Waals surface area contributed by atoms with Crippen LogP contribution >= 0.6 is 11.3 Å². The van der Waals surface area contributed by atoms with Gasteiger partial charge in [-0.3, -0.25) is 4.79 Å². The van der Waals surface area contributed by atoms with E-state index >= 15 is 0 Å². The molecule has 1 aromatic rings. The quantitative estimate of drug-likeness (QED) is 0.853. The van der Waals surface area contributed by atoms with Gasteiger partial charge in [0.2, 0.25) is 5.91 Å². The minimum atomic E-state index is 0.112. The molecule has 0 bridgehead atoms. The fraction of sp³-hybridized carbons (Fsp3) is 0.692. The highest BCUT2D eigenvalue weighted by Gasteiger charge is 2.31. The summed E-state index contributed by atoms with van der Waals surface area (Å²) < 4.78 is 0. The van der Waals surface area contributed by atoms with Crippen molar-refractivity contribution in [1.29, 1.82) is 0 Å². The van der Waals surface area contributed by atoms with Crippen LogP contribution in [-0.4, -0.2) is 17.4 Å². The Kier molecular flexibility index (Phi) is 4.72. The smallest absolute Gasteiger partial charge is 0.223 e. The average molecular weight is 267 g/mol. The number of amides is 1. The lowest BCUT2D eigenvalue weighted by molar-refractivity contribution is -0.126. The lowest BCUT2D eigenvalue weighted by atomic mass is 9.95. The van der Waals surface area contributed by atoms with Crippen LogP contribution < -0.4 is 11.1 Å². The summed E-state index contributed by atoms with van der Waals surface area (Å²) in [6.45, 7) is 3.28. The minimum absolute atomic E-state index is 0.112. The van der Waals surface area contributed by atoms with Crippen molar-refractivity contribution in [2.75, 3.05) is 6.54 Å². The molecule has 0 aliphatic heterocycles. The molecule has 2 unspecified atom stereocenters. The first kappa shape index (κ1) is 13.5. The Labute approximate surface area is 112 Å². The van der Waals surface area contributed by atoms with Crippen LogP contribution in [0.4, 0.5) is 0 Å². The van der Waals surface area contributed by atoms with Gasteiger partial charge in [-0.2, -0.15) is 0 Å². The van der Waals surface area contributed by atoms with Crippen LogP contribution in [0, 0.1) is 11.8 Å². The van der Waals surface area contributed by atoms with E-state index in [4.69, 9.17) is 5.73 Å². The number of aryl methyl sites for hydroxylation is 1. The van der Waals surface area contributed by atoms with Crippen LogP contribution in [0.15, 0.2) is 6.20 Å². The van der Waals surface area contributed by atoms with Crippen molar-refractivity contribution in [2.45, 2.75) is 39.2 Å². The largest absolute Gasteiger partial charge is 0.349 e. The van der Waals surface area contributed by atoms with Gasteiger partial charge in [0.25, 0.3) is 0 Å². The van der Waals surface area contributed by atoms with Crippen LogP contribution in [0.1, 0.15) is 36.1 Å². The molecule has 2 rings (SSSR count). The van der Waals surface area contributed by atoms with Gasteiger partial charge in [0.1, 0.15) is 5.01 Å². The maximum absolute atomic E-state index is 12.1. The summed E-state index contributed by atoms with van der Waals surface area (Å²) in [4.78, 5) is 17.6. The Bertz CT molecular complexity index is 405. The molecule has 3 N–H and O–H groups in total. The molecule has 1 aliphatic rings. The minimum Gasteiger partial charge on any atom is -0.349 e. The molecule has 1 saturated carbocycles. The summed E-state index contributed by atoms with van der Waals surface area (Å²) in [5, 5.41) is 3.98. The third-order valence-electron chi connectivity index (χ3n) is 3.66. The number of carbonyl (C=O) groups excluding carboxylic acids is 1. The summed E-state index contributed by atoms with van der Waals surface area (Å²) in [5.41, 5.74) is 5.70. The van der Waals surface area contributed by atoms with E-state index in [0.29, 0.717) is 19.0 Å². The standard InChI is InChI=1S/C13H21N3OS/c1-2-10-7-15-12(18-10)8-16-13(17)11-5-3-4-9(11)6-14/h7,9,11H,2-6,8,14H2,1H3,(H,16,17). The van der Waals surface area contributed by atoms with Crippen LogP contribution in [0.3, 0.4) is 0 Å². The number of aromatic nitrogens is 1. The molecule has 1 amide bonds. The van der Waals surface area contributed by atoms with Crippen LogP contribution in [0.2, 0.25) is 0 Å². The number of hydrogen-bond donors (Lipinski definition) is 2. The molecule has 1 heterocycles. The lowest BCUT2D eigenvalue weighted by Gasteiger charge is -2.16. The number of nitrogens with two attached hydrogens (primary N) is 1. The van der Waals surface area contributed by atoms with Gasteiger partial charge >= 0.3 is 0 Å². The number of hydrogen-bond acceptors (Lipinski definition) is 4. The molecule has 5 heteroatoms. The first-order valence-electron chi connectivity index (χ1n) is 6.66. The Balaban J connectivity index is 1.84. The molecule has 100 valence electrons. The van der Waals surface area contributed by atoms with E-state index in [0.717, 1.165) is 30.7 Å². The molecule has 1 aromatic heterocycles. The van der Waals surface area contributed by atoms with E-state index in [1.165, 1.54) is 4.88 Å². The van der Waals surface area contributed by atoms with E-state index in [9.17, 15) is 4.79 Å². The van der Waals surface area contributed by atoms with Gasteiger partial charge in [-0.1, -0.05) is 13.3 Å². The summed E-state index contributed by atoms with van der Waals surface area (Å²) in [5.74, 6) is 0.629. The fourth-order valence-corrected chi connectivity index (χ4v) is 3.35. The first-order chi connectivity index (χ1) is 8.74. The van der Waals surface area contributed by atoms with Crippen LogP contribution in [0.25, 0.3) is 0 Å². The molecule has 1 fully saturated rings. The third kappa shape index (κ3) is 3.09. The van der Waals surface area contributed by atoms with Gasteiger partial charge in [-0.05, 0) is 31.7 Å². The van der Waals surface area contributed by atoms with Gasteiger partial charge < -0.3 is 11.1 Å². The van der Waals surface area contributed by atoms with Crippen LogP contribution in [-0.2, 0) is 17.8 Å². The van der Waals surface area contributed by atoms with Crippen molar-refractivity contribution in [3.63, 3.8) is 0 Å². The van der Waals surface area contributed by atoms with E-state index in [1.54, 1.807) is 11.3 Å². The summed E-state index contributed by atoms with van der Waals surface area (Å²) >= 11 is 1.67. The average Bonchev–Trinajstić information content (AvgIpc) is 3.04. The maximum Gasteiger partial charge on any atom is 0.223 e. The second-order valence-electron chi connectivity index (χ2n) is 4.82. The van der Waals surface area contributed by atoms with Crippen molar-refractivity contribution in [1.82, 2.24) is 10.3 Å². The zero-order valence-corrected chi connectivity index (χ0v) is 11.6. The summed E-state index contributed by atoms with van der Waals surface area (Å²) in [6, 6.07) is 0. The molecule has 1 aliphatic carbocycles. The number of rotatable bonds is 5. The van der Waals surface area contributed by atoms with Gasteiger partial charge in [0.05, 0.1) is 6.54 Å². The van der Waals surface area contributed by atoms with Crippen molar-refractivity contribution < 1.29 is 4.79 Å². The lowest BCUT2D eigenvalue weighted by Crippen LogP contribution is -2.34. The second kappa shape index (κ2) is 6.29. The molecule has 0 saturated heterocycles. The summed E-state index contributed by atoms with van der Waals surface area (Å²) in [6.07, 6.45) is 6.09. The predicted molar refractivity (Wildman–Crippen MR) is 73.2 cm³/mol. The molecule has 4 nitrogen and oxygen atoms in total. The number of thiazole rings is 1. The Hall–Kier alpha value is -0.940. The van der Waals surface area contributed by atoms with Gasteiger partial charge in [-0.15, -0.1) is 11.3 Å². The van der Waals surface area contributed by atoms with E-state index in [2.05, 4.69) is 17.2 Å². The zero-order chi connectivity index (χ0) is 13.0. The van der Waals surface area contributed by atoms with Gasteiger partial charge in [-0.25, -0.2) is 4.98 Å². The first-order valence-corrected chi connectivity index (χ1v) is 7.47. The van der Waals surface area contributed by atoms with Crippen molar-refractivity contribution in [2.24, 2.45) is 17.6 Å². The topological polar surface area (TPSA) is 68.0 Å². The van der Waals surface area contributed by atoms with E-state index in [1.807, 2.05) is 6.20 Å². The highest BCUT2D eigenvalue weighted by molar-refractivity contribution is 7.11. The molecule has 0 spiro atoms. The Morgan fingerprint density at radius 2 is 2.44 bits per heavy atom. The van der Waals surface area contributed by atoms with Crippen LogP contribution in [0.5, 0.6) is 0 Å². The predicted octanol–water partition coefficient (Wildman–Crippen LogP) is 1.70. The second-order valence-corrected chi connectivity index (χ2v) is 6.02. The zero-order valence-electron chi connectivity index (χ0n) is 10.8. The number of carbonyl (C=O) groups is 1. The highest BCUT2D eigenvalue weighted by atomic mass is 32.1. The molecular weight excluding hydrogens is 246 g/mol. The molecule has 0 radical (unpaired) electrons. The fourth-order valence-electron chi connectivity index (χ4n) is 2.55. The monoisotopic (exact) mass is 267 g/mol. The van der Waals surface area contributed by atoms with E-state index < -0.39 is 0 Å².